The van der Waals surface area contributed by atoms with Gasteiger partial charge in [0.05, 0.1) is 24.1 Å². The van der Waals surface area contributed by atoms with E-state index in [1.54, 1.807) is 11.8 Å². The number of fused-ring (bicyclic) bond motifs is 1. The summed E-state index contributed by atoms with van der Waals surface area (Å²) in [4.78, 5) is 7.07. The minimum absolute atomic E-state index is 0.0518. The van der Waals surface area contributed by atoms with Crippen LogP contribution in [0, 0.1) is 20.8 Å². The average molecular weight is 401 g/mol. The maximum absolute atomic E-state index is 11.9. The molecule has 4 rings (SSSR count). The zero-order valence-corrected chi connectivity index (χ0v) is 17.5. The van der Waals surface area contributed by atoms with E-state index in [1.807, 2.05) is 0 Å². The number of thioether (sulfide) groups is 1. The zero-order chi connectivity index (χ0) is 19.2. The standard InChI is InChI=1S/C21H24N2O2S2/c1-14-5-4-6-18(10-14)23(11-17-9-15(2)7-8-16(17)3)21-22-19-12-27(24,25)13-20(19)26-21/h4-10,19-20H,11-13H2,1-3H3/t19-,20+/m0/s1. The SMILES string of the molecule is Cc1cccc(N(Cc2cc(C)ccc2C)C2=N[C@H]3CS(=O)(=O)C[C@H]3S2)c1. The molecule has 2 heterocycles. The maximum atomic E-state index is 11.9. The van der Waals surface area contributed by atoms with Crippen molar-refractivity contribution in [1.29, 1.82) is 0 Å². The highest BCUT2D eigenvalue weighted by atomic mass is 32.2. The van der Waals surface area contributed by atoms with Crippen LogP contribution in [0.1, 0.15) is 22.3 Å². The summed E-state index contributed by atoms with van der Waals surface area (Å²) >= 11 is 1.62. The van der Waals surface area contributed by atoms with Gasteiger partial charge in [0.25, 0.3) is 0 Å². The molecule has 2 aromatic carbocycles. The average Bonchev–Trinajstić information content (AvgIpc) is 3.09. The van der Waals surface area contributed by atoms with E-state index in [9.17, 15) is 8.42 Å². The van der Waals surface area contributed by atoms with Crippen molar-refractivity contribution in [2.24, 2.45) is 4.99 Å². The number of rotatable bonds is 3. The van der Waals surface area contributed by atoms with Gasteiger partial charge in [0, 0.05) is 10.9 Å². The number of benzene rings is 2. The van der Waals surface area contributed by atoms with Gasteiger partial charge in [0.1, 0.15) is 0 Å². The van der Waals surface area contributed by atoms with Crippen molar-refractivity contribution >= 4 is 32.5 Å². The minimum Gasteiger partial charge on any atom is -0.317 e. The molecular formula is C21H24N2O2S2. The number of nitrogens with zero attached hydrogens (tertiary/aromatic N) is 2. The van der Waals surface area contributed by atoms with Crippen LogP contribution in [-0.2, 0) is 16.4 Å². The highest BCUT2D eigenvalue weighted by molar-refractivity contribution is 8.15. The molecule has 2 aliphatic rings. The largest absolute Gasteiger partial charge is 0.317 e. The number of sulfone groups is 1. The summed E-state index contributed by atoms with van der Waals surface area (Å²) in [5, 5.41) is 0.988. The van der Waals surface area contributed by atoms with Crippen LogP contribution >= 0.6 is 11.8 Å². The van der Waals surface area contributed by atoms with Crippen molar-refractivity contribution in [3.8, 4) is 0 Å². The molecule has 0 amide bonds. The third-order valence-electron chi connectivity index (χ3n) is 5.18. The molecule has 0 aromatic heterocycles. The fraction of sp³-hybridized carbons (Fsp3) is 0.381. The molecule has 2 aliphatic heterocycles. The first kappa shape index (κ1) is 18.6. The number of amidine groups is 1. The fourth-order valence-electron chi connectivity index (χ4n) is 3.68. The van der Waals surface area contributed by atoms with Crippen LogP contribution in [0.25, 0.3) is 0 Å². The third kappa shape index (κ3) is 3.92. The van der Waals surface area contributed by atoms with Gasteiger partial charge in [-0.1, -0.05) is 47.7 Å². The van der Waals surface area contributed by atoms with Crippen molar-refractivity contribution in [2.45, 2.75) is 38.6 Å². The molecule has 6 heteroatoms. The summed E-state index contributed by atoms with van der Waals surface area (Å²) in [6.45, 7) is 7.06. The van der Waals surface area contributed by atoms with E-state index < -0.39 is 9.84 Å². The molecule has 0 unspecified atom stereocenters. The molecule has 0 spiro atoms. The molecule has 4 nitrogen and oxygen atoms in total. The van der Waals surface area contributed by atoms with Gasteiger partial charge in [0.15, 0.2) is 15.0 Å². The molecule has 0 radical (unpaired) electrons. The van der Waals surface area contributed by atoms with Crippen molar-refractivity contribution < 1.29 is 8.42 Å². The number of aryl methyl sites for hydroxylation is 3. The summed E-state index contributed by atoms with van der Waals surface area (Å²) < 4.78 is 23.8. The maximum Gasteiger partial charge on any atom is 0.164 e. The van der Waals surface area contributed by atoms with Gasteiger partial charge in [-0.2, -0.15) is 0 Å². The van der Waals surface area contributed by atoms with E-state index in [0.717, 1.165) is 17.4 Å². The zero-order valence-electron chi connectivity index (χ0n) is 15.8. The lowest BCUT2D eigenvalue weighted by atomic mass is 10.0. The number of hydrogen-bond acceptors (Lipinski definition) is 5. The molecule has 0 bridgehead atoms. The Morgan fingerprint density at radius 2 is 1.85 bits per heavy atom. The predicted octanol–water partition coefficient (Wildman–Crippen LogP) is 3.89. The molecule has 0 saturated carbocycles. The minimum atomic E-state index is -2.94. The summed E-state index contributed by atoms with van der Waals surface area (Å²) in [6.07, 6.45) is 0. The quantitative estimate of drug-likeness (QED) is 0.784. The van der Waals surface area contributed by atoms with Crippen molar-refractivity contribution in [1.82, 2.24) is 0 Å². The second kappa shape index (κ2) is 6.99. The van der Waals surface area contributed by atoms with Gasteiger partial charge in [-0.05, 0) is 49.6 Å². The van der Waals surface area contributed by atoms with Crippen LogP contribution in [0.2, 0.25) is 0 Å². The molecule has 0 N–H and O–H groups in total. The van der Waals surface area contributed by atoms with Gasteiger partial charge in [-0.3, -0.25) is 4.99 Å². The van der Waals surface area contributed by atoms with E-state index in [1.165, 1.54) is 22.3 Å². The van der Waals surface area contributed by atoms with Crippen LogP contribution < -0.4 is 4.90 Å². The van der Waals surface area contributed by atoms with Gasteiger partial charge in [0.2, 0.25) is 0 Å². The Morgan fingerprint density at radius 3 is 2.59 bits per heavy atom. The molecular weight excluding hydrogens is 376 g/mol. The van der Waals surface area contributed by atoms with E-state index in [2.05, 4.69) is 68.1 Å². The monoisotopic (exact) mass is 400 g/mol. The van der Waals surface area contributed by atoms with Crippen LogP contribution in [-0.4, -0.2) is 36.4 Å². The summed E-state index contributed by atoms with van der Waals surface area (Å²) in [5.74, 6) is 0.416. The predicted molar refractivity (Wildman–Crippen MR) is 115 cm³/mol. The normalized spacial score (nSPS) is 23.1. The number of aliphatic imine (C=N–C) groups is 1. The first-order valence-electron chi connectivity index (χ1n) is 9.16. The lowest BCUT2D eigenvalue weighted by Gasteiger charge is -2.26. The Bertz CT molecular complexity index is 1010. The summed E-state index contributed by atoms with van der Waals surface area (Å²) in [5.41, 5.74) is 6.06. The first-order chi connectivity index (χ1) is 12.8. The number of hydrogen-bond donors (Lipinski definition) is 0. The van der Waals surface area contributed by atoms with Crippen LogP contribution in [0.4, 0.5) is 5.69 Å². The molecule has 0 aliphatic carbocycles. The Kier molecular flexibility index (Phi) is 4.80. The van der Waals surface area contributed by atoms with Crippen molar-refractivity contribution in [3.63, 3.8) is 0 Å². The van der Waals surface area contributed by atoms with Gasteiger partial charge in [-0.25, -0.2) is 8.42 Å². The second-order valence-corrected chi connectivity index (χ2v) is 10.9. The Hall–Kier alpha value is -1.79. The highest BCUT2D eigenvalue weighted by Gasteiger charge is 2.44. The third-order valence-corrected chi connectivity index (χ3v) is 8.43. The molecule has 27 heavy (non-hydrogen) atoms. The van der Waals surface area contributed by atoms with E-state index >= 15 is 0 Å². The number of anilines is 1. The summed E-state index contributed by atoms with van der Waals surface area (Å²) in [7, 11) is -2.94. The van der Waals surface area contributed by atoms with E-state index in [4.69, 9.17) is 4.99 Å². The van der Waals surface area contributed by atoms with Crippen LogP contribution in [0.15, 0.2) is 47.5 Å². The fourth-order valence-corrected chi connectivity index (χ4v) is 7.46. The highest BCUT2D eigenvalue weighted by Crippen LogP contribution is 2.37. The summed E-state index contributed by atoms with van der Waals surface area (Å²) in [6, 6.07) is 14.8. The molecule has 2 atom stereocenters. The van der Waals surface area contributed by atoms with E-state index in [-0.39, 0.29) is 22.8 Å². The Balaban J connectivity index is 1.70. The molecule has 2 aromatic rings. The smallest absolute Gasteiger partial charge is 0.164 e. The van der Waals surface area contributed by atoms with Crippen molar-refractivity contribution in [3.05, 3.63) is 64.7 Å². The lowest BCUT2D eigenvalue weighted by Crippen LogP contribution is -2.28. The first-order valence-corrected chi connectivity index (χ1v) is 11.9. The van der Waals surface area contributed by atoms with Gasteiger partial charge >= 0.3 is 0 Å². The Morgan fingerprint density at radius 1 is 1.07 bits per heavy atom. The van der Waals surface area contributed by atoms with Crippen LogP contribution in [0.3, 0.4) is 0 Å². The van der Waals surface area contributed by atoms with Crippen LogP contribution in [0.5, 0.6) is 0 Å². The molecule has 1 saturated heterocycles. The molecule has 142 valence electrons. The second-order valence-electron chi connectivity index (χ2n) is 7.57. The topological polar surface area (TPSA) is 49.7 Å². The van der Waals surface area contributed by atoms with Gasteiger partial charge in [-0.15, -0.1) is 0 Å². The Labute approximate surface area is 165 Å². The van der Waals surface area contributed by atoms with Gasteiger partial charge < -0.3 is 4.90 Å². The lowest BCUT2D eigenvalue weighted by molar-refractivity contribution is 0.601. The van der Waals surface area contributed by atoms with E-state index in [0.29, 0.717) is 0 Å². The van der Waals surface area contributed by atoms with Crippen molar-refractivity contribution in [2.75, 3.05) is 16.4 Å². The molecule has 1 fully saturated rings.